The van der Waals surface area contributed by atoms with E-state index in [4.69, 9.17) is 10.2 Å². The Labute approximate surface area is 101 Å². The molecule has 18 heavy (non-hydrogen) atoms. The highest BCUT2D eigenvalue weighted by Gasteiger charge is 2.09. The van der Waals surface area contributed by atoms with Crippen molar-refractivity contribution in [2.24, 2.45) is 0 Å². The van der Waals surface area contributed by atoms with Crippen LogP contribution >= 0.6 is 0 Å². The summed E-state index contributed by atoms with van der Waals surface area (Å²) in [7, 11) is 0. The van der Waals surface area contributed by atoms with Gasteiger partial charge in [0.1, 0.15) is 17.6 Å². The van der Waals surface area contributed by atoms with Gasteiger partial charge in [-0.2, -0.15) is 0 Å². The lowest BCUT2D eigenvalue weighted by molar-refractivity contribution is 0.109. The Kier molecular flexibility index (Phi) is 2.30. The van der Waals surface area contributed by atoms with E-state index in [0.29, 0.717) is 41.3 Å². The number of hydrogen-bond donors (Lipinski definition) is 1. The number of anilines is 1. The maximum Gasteiger partial charge on any atom is 0.185 e. The number of nitrogen functional groups attached to an aromatic ring is 1. The van der Waals surface area contributed by atoms with Gasteiger partial charge < -0.3 is 14.7 Å². The van der Waals surface area contributed by atoms with Gasteiger partial charge in [0.15, 0.2) is 23.5 Å². The molecular weight excluding hydrogens is 234 g/mol. The summed E-state index contributed by atoms with van der Waals surface area (Å²) >= 11 is 0. The second-order valence-corrected chi connectivity index (χ2v) is 3.73. The van der Waals surface area contributed by atoms with Crippen molar-refractivity contribution >= 4 is 23.3 Å². The summed E-state index contributed by atoms with van der Waals surface area (Å²) in [5.74, 6) is 1.28. The molecule has 0 aliphatic carbocycles. The largest absolute Gasteiger partial charge is 0.456 e. The minimum absolute atomic E-state index is 0.295. The highest BCUT2D eigenvalue weighted by molar-refractivity contribution is 5.81. The monoisotopic (exact) mass is 243 g/mol. The van der Waals surface area contributed by atoms with Crippen LogP contribution in [0, 0.1) is 0 Å². The molecule has 3 heterocycles. The van der Waals surface area contributed by atoms with Gasteiger partial charge in [-0.3, -0.25) is 4.79 Å². The number of nitrogens with two attached hydrogens (primary N) is 1. The van der Waals surface area contributed by atoms with Crippen molar-refractivity contribution in [2.45, 2.75) is 6.54 Å². The molecule has 3 aromatic heterocycles. The summed E-state index contributed by atoms with van der Waals surface area (Å²) in [6.07, 6.45) is 3.66. The van der Waals surface area contributed by atoms with E-state index < -0.39 is 0 Å². The number of carbonyl (C=O) groups is 1. The van der Waals surface area contributed by atoms with Gasteiger partial charge in [0.2, 0.25) is 0 Å². The van der Waals surface area contributed by atoms with Gasteiger partial charge in [-0.05, 0) is 12.1 Å². The minimum Gasteiger partial charge on any atom is -0.456 e. The molecule has 0 aliphatic heterocycles. The molecule has 0 amide bonds. The Bertz CT molecular complexity index is 715. The van der Waals surface area contributed by atoms with Crippen molar-refractivity contribution < 1.29 is 9.21 Å². The Morgan fingerprint density at radius 1 is 1.33 bits per heavy atom. The summed E-state index contributed by atoms with van der Waals surface area (Å²) in [6, 6.07) is 3.35. The van der Waals surface area contributed by atoms with Crippen molar-refractivity contribution in [1.82, 2.24) is 19.5 Å². The van der Waals surface area contributed by atoms with Gasteiger partial charge in [0.05, 0.1) is 12.9 Å². The number of nitrogens with zero attached hydrogens (tertiary/aromatic N) is 4. The van der Waals surface area contributed by atoms with E-state index in [1.807, 2.05) is 0 Å². The van der Waals surface area contributed by atoms with Gasteiger partial charge in [-0.1, -0.05) is 0 Å². The van der Waals surface area contributed by atoms with Crippen molar-refractivity contribution in [1.29, 1.82) is 0 Å². The molecule has 0 fully saturated rings. The molecule has 90 valence electrons. The first-order chi connectivity index (χ1) is 8.78. The van der Waals surface area contributed by atoms with Crippen LogP contribution in [0.15, 0.2) is 29.2 Å². The fraction of sp³-hybridized carbons (Fsp3) is 0.0909. The highest BCUT2D eigenvalue weighted by atomic mass is 16.3. The maximum absolute atomic E-state index is 10.5. The highest BCUT2D eigenvalue weighted by Crippen LogP contribution is 2.16. The normalized spacial score (nSPS) is 10.9. The zero-order valence-corrected chi connectivity index (χ0v) is 9.28. The van der Waals surface area contributed by atoms with E-state index >= 15 is 0 Å². The van der Waals surface area contributed by atoms with E-state index in [1.54, 1.807) is 23.0 Å². The van der Waals surface area contributed by atoms with E-state index in [-0.39, 0.29) is 0 Å². The van der Waals surface area contributed by atoms with Crippen molar-refractivity contribution in [2.75, 3.05) is 5.73 Å². The predicted octanol–water partition coefficient (Wildman–Crippen LogP) is 0.862. The summed E-state index contributed by atoms with van der Waals surface area (Å²) in [4.78, 5) is 22.7. The van der Waals surface area contributed by atoms with Crippen LogP contribution in [-0.2, 0) is 6.54 Å². The molecule has 0 aromatic carbocycles. The summed E-state index contributed by atoms with van der Waals surface area (Å²) in [5, 5.41) is 0. The molecule has 0 bridgehead atoms. The summed E-state index contributed by atoms with van der Waals surface area (Å²) in [6.45, 7) is 0.431. The fourth-order valence-corrected chi connectivity index (χ4v) is 1.73. The molecule has 2 N–H and O–H groups in total. The lowest BCUT2D eigenvalue weighted by Gasteiger charge is -2.00. The Morgan fingerprint density at radius 2 is 2.22 bits per heavy atom. The van der Waals surface area contributed by atoms with E-state index in [9.17, 15) is 4.79 Å². The first-order valence-corrected chi connectivity index (χ1v) is 5.23. The van der Waals surface area contributed by atoms with Crippen LogP contribution in [-0.4, -0.2) is 25.8 Å². The lowest BCUT2D eigenvalue weighted by Crippen LogP contribution is -1.99. The topological polar surface area (TPSA) is 99.8 Å². The molecule has 0 atom stereocenters. The van der Waals surface area contributed by atoms with Crippen LogP contribution in [0.3, 0.4) is 0 Å². The average Bonchev–Trinajstić information content (AvgIpc) is 2.98. The number of imidazole rings is 1. The Balaban J connectivity index is 2.00. The van der Waals surface area contributed by atoms with Crippen molar-refractivity contribution in [3.8, 4) is 0 Å². The number of carbonyl (C=O) groups excluding carboxylic acids is 1. The van der Waals surface area contributed by atoms with E-state index in [2.05, 4.69) is 15.0 Å². The Morgan fingerprint density at radius 3 is 3.00 bits per heavy atom. The quantitative estimate of drug-likeness (QED) is 0.685. The zero-order valence-electron chi connectivity index (χ0n) is 9.28. The number of furan rings is 1. The van der Waals surface area contributed by atoms with Crippen molar-refractivity contribution in [3.05, 3.63) is 36.3 Å². The van der Waals surface area contributed by atoms with Crippen LogP contribution in [0.2, 0.25) is 0 Å². The predicted molar refractivity (Wildman–Crippen MR) is 62.9 cm³/mol. The van der Waals surface area contributed by atoms with Crippen molar-refractivity contribution in [3.63, 3.8) is 0 Å². The van der Waals surface area contributed by atoms with Crippen LogP contribution < -0.4 is 5.73 Å². The standard InChI is InChI=1S/C11H9N5O2/c12-10-9-11(14-5-13-10)16(6-15-9)3-7-1-2-8(4-17)18-7/h1-2,4-6H,3H2,(H2,12,13,14). The molecule has 0 aliphatic rings. The molecule has 0 spiro atoms. The van der Waals surface area contributed by atoms with Gasteiger partial charge in [-0.25, -0.2) is 15.0 Å². The van der Waals surface area contributed by atoms with E-state index in [1.165, 1.54) is 6.33 Å². The van der Waals surface area contributed by atoms with Crippen LogP contribution in [0.5, 0.6) is 0 Å². The first-order valence-electron chi connectivity index (χ1n) is 5.23. The SMILES string of the molecule is Nc1ncnc2c1ncn2Cc1ccc(C=O)o1. The van der Waals surface area contributed by atoms with Gasteiger partial charge in [-0.15, -0.1) is 0 Å². The molecule has 3 aromatic rings. The molecule has 3 rings (SSSR count). The molecule has 7 heteroatoms. The number of aromatic nitrogens is 4. The summed E-state index contributed by atoms with van der Waals surface area (Å²) in [5.41, 5.74) is 6.88. The third-order valence-electron chi connectivity index (χ3n) is 2.55. The first kappa shape index (κ1) is 10.5. The lowest BCUT2D eigenvalue weighted by atomic mass is 10.4. The van der Waals surface area contributed by atoms with Crippen LogP contribution in [0.25, 0.3) is 11.2 Å². The second kappa shape index (κ2) is 3.95. The maximum atomic E-state index is 10.5. The number of aldehydes is 1. The van der Waals surface area contributed by atoms with Gasteiger partial charge in [0, 0.05) is 0 Å². The molecule has 7 nitrogen and oxygen atoms in total. The molecule has 0 unspecified atom stereocenters. The van der Waals surface area contributed by atoms with E-state index in [0.717, 1.165) is 0 Å². The number of rotatable bonds is 3. The smallest absolute Gasteiger partial charge is 0.185 e. The molecule has 0 saturated heterocycles. The van der Waals surface area contributed by atoms with Gasteiger partial charge in [0.25, 0.3) is 0 Å². The second-order valence-electron chi connectivity index (χ2n) is 3.73. The third kappa shape index (κ3) is 1.61. The van der Waals surface area contributed by atoms with Crippen LogP contribution in [0.1, 0.15) is 16.3 Å². The fourth-order valence-electron chi connectivity index (χ4n) is 1.73. The number of hydrogen-bond acceptors (Lipinski definition) is 6. The number of fused-ring (bicyclic) bond motifs is 1. The molecule has 0 saturated carbocycles. The molecule has 0 radical (unpaired) electrons. The third-order valence-corrected chi connectivity index (χ3v) is 2.55. The molecular formula is C11H9N5O2. The van der Waals surface area contributed by atoms with Crippen LogP contribution in [0.4, 0.5) is 5.82 Å². The summed E-state index contributed by atoms with van der Waals surface area (Å²) < 4.78 is 7.07. The van der Waals surface area contributed by atoms with Gasteiger partial charge >= 0.3 is 0 Å². The Hall–Kier alpha value is -2.70. The minimum atomic E-state index is 0.295. The zero-order chi connectivity index (χ0) is 12.5. The average molecular weight is 243 g/mol.